The van der Waals surface area contributed by atoms with Gasteiger partial charge in [0, 0.05) is 43.9 Å². The number of aromatic nitrogens is 1. The van der Waals surface area contributed by atoms with Crippen molar-refractivity contribution in [2.24, 2.45) is 0 Å². The fourth-order valence-corrected chi connectivity index (χ4v) is 3.76. The van der Waals surface area contributed by atoms with Gasteiger partial charge in [-0.3, -0.25) is 4.90 Å². The van der Waals surface area contributed by atoms with Gasteiger partial charge in [-0.1, -0.05) is 0 Å². The van der Waals surface area contributed by atoms with Gasteiger partial charge in [-0.25, -0.2) is 9.37 Å². The van der Waals surface area contributed by atoms with Crippen LogP contribution in [0.5, 0.6) is 5.88 Å². The fourth-order valence-electron chi connectivity index (χ4n) is 3.76. The lowest BCUT2D eigenvalue weighted by molar-refractivity contribution is -0.141. The van der Waals surface area contributed by atoms with E-state index in [0.29, 0.717) is 11.4 Å². The predicted octanol–water partition coefficient (Wildman–Crippen LogP) is 4.49. The Labute approximate surface area is 173 Å². The van der Waals surface area contributed by atoms with Gasteiger partial charge in [-0.2, -0.15) is 13.2 Å². The lowest BCUT2D eigenvalue weighted by atomic mass is 10.0. The Morgan fingerprint density at radius 1 is 1.10 bits per heavy atom. The number of likely N-dealkylation sites (N-methyl/N-ethyl adjacent to an activating group) is 1. The van der Waals surface area contributed by atoms with Crippen LogP contribution in [0.25, 0.3) is 11.1 Å². The minimum atomic E-state index is -4.67. The van der Waals surface area contributed by atoms with E-state index < -0.39 is 17.7 Å². The van der Waals surface area contributed by atoms with Crippen LogP contribution in [0.15, 0.2) is 24.3 Å². The largest absolute Gasteiger partial charge is 0.481 e. The van der Waals surface area contributed by atoms with E-state index in [4.69, 9.17) is 4.74 Å². The Hall–Kier alpha value is -2.55. The van der Waals surface area contributed by atoms with E-state index in [1.165, 1.54) is 25.3 Å². The molecule has 1 fully saturated rings. The first-order valence-electron chi connectivity index (χ1n) is 9.67. The number of nitrogens with zero attached hydrogens (tertiary/aromatic N) is 3. The molecule has 1 aliphatic rings. The summed E-state index contributed by atoms with van der Waals surface area (Å²) in [5.41, 5.74) is 0.287. The highest BCUT2D eigenvalue weighted by atomic mass is 19.4. The molecule has 0 spiro atoms. The molecule has 1 aromatic carbocycles. The minimum Gasteiger partial charge on any atom is -0.481 e. The van der Waals surface area contributed by atoms with Gasteiger partial charge in [0.25, 0.3) is 0 Å². The zero-order valence-electron chi connectivity index (χ0n) is 17.6. The first-order chi connectivity index (χ1) is 14.0. The number of methoxy groups -OCH3 is 1. The molecule has 3 rings (SSSR count). The van der Waals surface area contributed by atoms with Crippen molar-refractivity contribution in [1.82, 2.24) is 9.88 Å². The number of piperazine rings is 1. The van der Waals surface area contributed by atoms with Crippen LogP contribution >= 0.6 is 0 Å². The molecule has 164 valence electrons. The lowest BCUT2D eigenvalue weighted by Gasteiger charge is -2.44. The molecule has 1 aliphatic heterocycles. The van der Waals surface area contributed by atoms with Gasteiger partial charge in [-0.15, -0.1) is 0 Å². The molecular weight excluding hydrogens is 400 g/mol. The molecular formula is C21H26F4N4O. The van der Waals surface area contributed by atoms with Gasteiger partial charge in [0.05, 0.1) is 18.5 Å². The Kier molecular flexibility index (Phi) is 6.12. The number of ether oxygens (including phenoxy) is 1. The molecule has 5 nitrogen and oxygen atoms in total. The van der Waals surface area contributed by atoms with Crippen molar-refractivity contribution in [3.8, 4) is 17.0 Å². The highest BCUT2D eigenvalue weighted by Gasteiger charge is 2.34. The molecule has 1 N–H and O–H groups in total. The number of benzene rings is 1. The first kappa shape index (κ1) is 22.1. The van der Waals surface area contributed by atoms with Crippen LogP contribution in [-0.2, 0) is 6.18 Å². The molecule has 2 aromatic rings. The van der Waals surface area contributed by atoms with Gasteiger partial charge >= 0.3 is 6.18 Å². The number of rotatable bonds is 4. The van der Waals surface area contributed by atoms with E-state index in [9.17, 15) is 13.2 Å². The Bertz CT molecular complexity index is 907. The molecule has 0 saturated carbocycles. The second kappa shape index (κ2) is 8.29. The average molecular weight is 426 g/mol. The van der Waals surface area contributed by atoms with Crippen molar-refractivity contribution in [3.63, 3.8) is 0 Å². The number of anilines is 2. The van der Waals surface area contributed by atoms with E-state index in [-0.39, 0.29) is 29.1 Å². The van der Waals surface area contributed by atoms with E-state index >= 15 is 4.39 Å². The van der Waals surface area contributed by atoms with E-state index in [2.05, 4.69) is 41.0 Å². The highest BCUT2D eigenvalue weighted by molar-refractivity contribution is 5.79. The summed E-state index contributed by atoms with van der Waals surface area (Å²) < 4.78 is 59.7. The van der Waals surface area contributed by atoms with Crippen LogP contribution in [0.1, 0.15) is 19.5 Å². The molecule has 30 heavy (non-hydrogen) atoms. The highest BCUT2D eigenvalue weighted by Crippen LogP contribution is 2.38. The van der Waals surface area contributed by atoms with Crippen molar-refractivity contribution >= 4 is 11.4 Å². The van der Waals surface area contributed by atoms with E-state index in [1.807, 2.05) is 0 Å². The second-order valence-electron chi connectivity index (χ2n) is 7.65. The third-order valence-electron chi connectivity index (χ3n) is 5.67. The fraction of sp³-hybridized carbons (Fsp3) is 0.476. The first-order valence-corrected chi connectivity index (χ1v) is 9.67. The Balaban J connectivity index is 2.07. The average Bonchev–Trinajstić information content (AvgIpc) is 2.70. The molecule has 0 aliphatic carbocycles. The summed E-state index contributed by atoms with van der Waals surface area (Å²) in [7, 11) is 4.99. The van der Waals surface area contributed by atoms with Crippen LogP contribution in [0, 0.1) is 5.82 Å². The zero-order valence-corrected chi connectivity index (χ0v) is 17.6. The summed E-state index contributed by atoms with van der Waals surface area (Å²) in [5, 5.41) is 3.05. The van der Waals surface area contributed by atoms with Gasteiger partial charge in [0.15, 0.2) is 0 Å². The van der Waals surface area contributed by atoms with Crippen LogP contribution in [0.3, 0.4) is 0 Å². The van der Waals surface area contributed by atoms with Crippen molar-refractivity contribution in [2.75, 3.05) is 44.5 Å². The predicted molar refractivity (Wildman–Crippen MR) is 110 cm³/mol. The maximum atomic E-state index is 15.1. The van der Waals surface area contributed by atoms with Crippen LogP contribution in [-0.4, -0.2) is 56.3 Å². The Morgan fingerprint density at radius 2 is 1.73 bits per heavy atom. The SMILES string of the molecule is CNc1cc(-c2cc(OC)nc(C(F)(F)F)c2)c(F)cc1N1CC(C)N(C)C(C)C1. The molecule has 2 unspecified atom stereocenters. The summed E-state index contributed by atoms with van der Waals surface area (Å²) in [4.78, 5) is 7.80. The molecule has 2 heterocycles. The van der Waals surface area contributed by atoms with E-state index in [0.717, 1.165) is 19.2 Å². The third kappa shape index (κ3) is 4.30. The molecule has 2 atom stereocenters. The monoisotopic (exact) mass is 426 g/mol. The summed E-state index contributed by atoms with van der Waals surface area (Å²) >= 11 is 0. The van der Waals surface area contributed by atoms with Gasteiger partial charge in [0.2, 0.25) is 5.88 Å². The molecule has 0 bridgehead atoms. The maximum absolute atomic E-state index is 15.1. The number of hydrogen-bond acceptors (Lipinski definition) is 5. The van der Waals surface area contributed by atoms with Crippen molar-refractivity contribution in [1.29, 1.82) is 0 Å². The molecule has 0 radical (unpaired) electrons. The van der Waals surface area contributed by atoms with E-state index in [1.54, 1.807) is 7.05 Å². The quantitative estimate of drug-likeness (QED) is 0.730. The van der Waals surface area contributed by atoms with Crippen LogP contribution in [0.2, 0.25) is 0 Å². The number of hydrogen-bond donors (Lipinski definition) is 1. The van der Waals surface area contributed by atoms with Gasteiger partial charge < -0.3 is 15.0 Å². The third-order valence-corrected chi connectivity index (χ3v) is 5.67. The number of alkyl halides is 3. The van der Waals surface area contributed by atoms with Gasteiger partial charge in [-0.05, 0) is 44.7 Å². The summed E-state index contributed by atoms with van der Waals surface area (Å²) in [6.45, 7) is 5.65. The number of pyridine rings is 1. The number of nitrogens with one attached hydrogen (secondary N) is 1. The molecule has 1 saturated heterocycles. The van der Waals surface area contributed by atoms with Crippen molar-refractivity contribution < 1.29 is 22.3 Å². The second-order valence-corrected chi connectivity index (χ2v) is 7.65. The summed E-state index contributed by atoms with van der Waals surface area (Å²) in [5.74, 6) is -0.833. The lowest BCUT2D eigenvalue weighted by Crippen LogP contribution is -2.55. The topological polar surface area (TPSA) is 40.6 Å². The minimum absolute atomic E-state index is 0.0459. The Morgan fingerprint density at radius 3 is 2.27 bits per heavy atom. The van der Waals surface area contributed by atoms with Gasteiger partial charge in [0.1, 0.15) is 11.5 Å². The molecule has 9 heteroatoms. The smallest absolute Gasteiger partial charge is 0.433 e. The normalized spacial score (nSPS) is 20.4. The summed E-state index contributed by atoms with van der Waals surface area (Å²) in [6, 6.07) is 5.60. The van der Waals surface area contributed by atoms with Crippen LogP contribution in [0.4, 0.5) is 28.9 Å². The number of halogens is 4. The maximum Gasteiger partial charge on any atom is 0.433 e. The van der Waals surface area contributed by atoms with Crippen molar-refractivity contribution in [3.05, 3.63) is 35.8 Å². The summed E-state index contributed by atoms with van der Waals surface area (Å²) in [6.07, 6.45) is -4.67. The standard InChI is InChI=1S/C21H26F4N4O/c1-12-10-29(11-13(2)28(12)4)18-9-16(22)15(8-17(18)26-3)14-6-19(21(23,24)25)27-20(7-14)30-5/h6-9,12-13,26H,10-11H2,1-5H3. The molecule has 0 amide bonds. The van der Waals surface area contributed by atoms with Crippen LogP contribution < -0.4 is 15.0 Å². The van der Waals surface area contributed by atoms with Crippen molar-refractivity contribution in [2.45, 2.75) is 32.1 Å². The molecule has 1 aromatic heterocycles. The zero-order chi connectivity index (χ0) is 22.2.